The summed E-state index contributed by atoms with van der Waals surface area (Å²) in [5.41, 5.74) is 5.35. The second-order valence-electron chi connectivity index (χ2n) is 4.51. The fourth-order valence-electron chi connectivity index (χ4n) is 1.63. The van der Waals surface area contributed by atoms with E-state index < -0.39 is 5.54 Å². The molecule has 0 aliphatic heterocycles. The third-order valence-corrected chi connectivity index (χ3v) is 3.67. The van der Waals surface area contributed by atoms with Gasteiger partial charge < -0.3 is 11.1 Å². The number of hydrogen-bond donors (Lipinski definition) is 2. The first-order chi connectivity index (χ1) is 7.09. The maximum absolute atomic E-state index is 11.7. The number of rotatable bonds is 7. The molecule has 1 fully saturated rings. The fourth-order valence-corrected chi connectivity index (χ4v) is 2.12. The lowest BCUT2D eigenvalue weighted by molar-refractivity contribution is -0.126. The second kappa shape index (κ2) is 5.75. The summed E-state index contributed by atoms with van der Waals surface area (Å²) >= 11 is 1.84. The Morgan fingerprint density at radius 2 is 2.20 bits per heavy atom. The molecular formula is C11H22N2OS. The molecule has 3 N–H and O–H groups in total. The van der Waals surface area contributed by atoms with Crippen molar-refractivity contribution in [2.75, 3.05) is 18.6 Å². The van der Waals surface area contributed by atoms with Crippen LogP contribution in [0.5, 0.6) is 0 Å². The van der Waals surface area contributed by atoms with Gasteiger partial charge in [0.25, 0.3) is 0 Å². The lowest BCUT2D eigenvalue weighted by atomic mass is 9.96. The average molecular weight is 230 g/mol. The van der Waals surface area contributed by atoms with Gasteiger partial charge in [-0.15, -0.1) is 0 Å². The van der Waals surface area contributed by atoms with Gasteiger partial charge in [-0.2, -0.15) is 11.8 Å². The minimum atomic E-state index is -0.639. The van der Waals surface area contributed by atoms with Crippen molar-refractivity contribution in [3.05, 3.63) is 0 Å². The summed E-state index contributed by atoms with van der Waals surface area (Å²) in [4.78, 5) is 11.7. The van der Waals surface area contributed by atoms with Crippen molar-refractivity contribution in [3.8, 4) is 0 Å². The van der Waals surface area contributed by atoms with Gasteiger partial charge in [0.05, 0.1) is 5.54 Å². The van der Waals surface area contributed by atoms with Gasteiger partial charge in [-0.25, -0.2) is 0 Å². The van der Waals surface area contributed by atoms with Gasteiger partial charge in [0.15, 0.2) is 0 Å². The number of unbranched alkanes of at least 4 members (excludes halogenated alkanes) is 1. The van der Waals surface area contributed by atoms with Crippen LogP contribution in [0.4, 0.5) is 0 Å². The summed E-state index contributed by atoms with van der Waals surface area (Å²) in [7, 11) is 0. The van der Waals surface area contributed by atoms with Crippen molar-refractivity contribution in [1.29, 1.82) is 0 Å². The van der Waals surface area contributed by atoms with E-state index in [2.05, 4.69) is 11.6 Å². The molecule has 1 rings (SSSR count). The van der Waals surface area contributed by atoms with Gasteiger partial charge in [0, 0.05) is 6.54 Å². The van der Waals surface area contributed by atoms with Crippen LogP contribution >= 0.6 is 11.8 Å². The molecule has 1 atom stereocenters. The lowest BCUT2D eigenvalue weighted by Crippen LogP contribution is -2.53. The third kappa shape index (κ3) is 4.03. The van der Waals surface area contributed by atoms with E-state index in [4.69, 9.17) is 5.73 Å². The number of nitrogens with one attached hydrogen (secondary N) is 1. The molecule has 0 heterocycles. The van der Waals surface area contributed by atoms with Crippen LogP contribution < -0.4 is 11.1 Å². The molecule has 0 aromatic carbocycles. The first-order valence-electron chi connectivity index (χ1n) is 5.65. The van der Waals surface area contributed by atoms with Crippen LogP contribution in [0.2, 0.25) is 0 Å². The molecule has 0 aromatic rings. The van der Waals surface area contributed by atoms with Crippen LogP contribution in [-0.2, 0) is 4.79 Å². The van der Waals surface area contributed by atoms with E-state index in [0.717, 1.165) is 32.2 Å². The Hall–Kier alpha value is -0.220. The van der Waals surface area contributed by atoms with Gasteiger partial charge in [0.1, 0.15) is 0 Å². The molecule has 0 spiro atoms. The van der Waals surface area contributed by atoms with Crippen molar-refractivity contribution in [2.24, 2.45) is 11.7 Å². The topological polar surface area (TPSA) is 55.1 Å². The Labute approximate surface area is 96.6 Å². The molecular weight excluding hydrogens is 208 g/mol. The van der Waals surface area contributed by atoms with E-state index in [-0.39, 0.29) is 5.91 Å². The normalized spacial score (nSPS) is 19.7. The van der Waals surface area contributed by atoms with Crippen LogP contribution in [0, 0.1) is 5.92 Å². The third-order valence-electron chi connectivity index (χ3n) is 2.98. The summed E-state index contributed by atoms with van der Waals surface area (Å²) in [6.07, 6.45) is 6.52. The fraction of sp³-hybridized carbons (Fsp3) is 0.909. The number of amides is 1. The molecule has 15 heavy (non-hydrogen) atoms. The van der Waals surface area contributed by atoms with Crippen LogP contribution in [0.3, 0.4) is 0 Å². The number of carbonyl (C=O) groups excluding carboxylic acids is 1. The minimum absolute atomic E-state index is 0.0224. The van der Waals surface area contributed by atoms with E-state index in [1.54, 1.807) is 0 Å². The SMILES string of the molecule is CSCCCCNC(=O)C(C)(N)C1CC1. The molecule has 0 aromatic heterocycles. The highest BCUT2D eigenvalue weighted by molar-refractivity contribution is 7.98. The van der Waals surface area contributed by atoms with E-state index in [0.29, 0.717) is 5.92 Å². The van der Waals surface area contributed by atoms with Gasteiger partial charge >= 0.3 is 0 Å². The van der Waals surface area contributed by atoms with Crippen LogP contribution in [0.15, 0.2) is 0 Å². The van der Waals surface area contributed by atoms with Crippen molar-refractivity contribution < 1.29 is 4.79 Å². The maximum Gasteiger partial charge on any atom is 0.240 e. The van der Waals surface area contributed by atoms with Crippen LogP contribution in [-0.4, -0.2) is 30.0 Å². The van der Waals surface area contributed by atoms with Gasteiger partial charge in [-0.3, -0.25) is 4.79 Å². The monoisotopic (exact) mass is 230 g/mol. The Bertz CT molecular complexity index is 215. The van der Waals surface area contributed by atoms with Crippen molar-refractivity contribution in [1.82, 2.24) is 5.32 Å². The van der Waals surface area contributed by atoms with Crippen molar-refractivity contribution in [2.45, 2.75) is 38.1 Å². The summed E-state index contributed by atoms with van der Waals surface area (Å²) < 4.78 is 0. The van der Waals surface area contributed by atoms with Crippen LogP contribution in [0.1, 0.15) is 32.6 Å². The number of nitrogens with two attached hydrogens (primary N) is 1. The highest BCUT2D eigenvalue weighted by Gasteiger charge is 2.43. The summed E-state index contributed by atoms with van der Waals surface area (Å²) in [5, 5.41) is 2.93. The predicted molar refractivity (Wildman–Crippen MR) is 65.9 cm³/mol. The van der Waals surface area contributed by atoms with Gasteiger partial charge in [-0.05, 0) is 50.5 Å². The van der Waals surface area contributed by atoms with E-state index in [1.807, 2.05) is 18.7 Å². The molecule has 1 unspecified atom stereocenters. The summed E-state index contributed by atoms with van der Waals surface area (Å²) in [5.74, 6) is 1.59. The zero-order valence-electron chi connectivity index (χ0n) is 9.71. The van der Waals surface area contributed by atoms with Crippen LogP contribution in [0.25, 0.3) is 0 Å². The Morgan fingerprint density at radius 1 is 1.53 bits per heavy atom. The summed E-state index contributed by atoms with van der Waals surface area (Å²) in [6, 6.07) is 0. The van der Waals surface area contributed by atoms with Gasteiger partial charge in [-0.1, -0.05) is 0 Å². The van der Waals surface area contributed by atoms with Crippen molar-refractivity contribution >= 4 is 17.7 Å². The maximum atomic E-state index is 11.7. The quantitative estimate of drug-likeness (QED) is 0.650. The molecule has 1 aliphatic carbocycles. The minimum Gasteiger partial charge on any atom is -0.355 e. The molecule has 88 valence electrons. The number of hydrogen-bond acceptors (Lipinski definition) is 3. The number of thioether (sulfide) groups is 1. The first-order valence-corrected chi connectivity index (χ1v) is 7.04. The first kappa shape index (κ1) is 12.8. The zero-order valence-corrected chi connectivity index (χ0v) is 10.5. The van der Waals surface area contributed by atoms with Gasteiger partial charge in [0.2, 0.25) is 5.91 Å². The van der Waals surface area contributed by atoms with E-state index in [9.17, 15) is 4.79 Å². The molecule has 0 bridgehead atoms. The molecule has 0 saturated heterocycles. The molecule has 3 nitrogen and oxygen atoms in total. The largest absolute Gasteiger partial charge is 0.355 e. The standard InChI is InChI=1S/C11H22N2OS/c1-11(12,9-5-6-9)10(14)13-7-3-4-8-15-2/h9H,3-8,12H2,1-2H3,(H,13,14). The predicted octanol–water partition coefficient (Wildman–Crippen LogP) is 1.37. The summed E-state index contributed by atoms with van der Waals surface area (Å²) in [6.45, 7) is 2.61. The highest BCUT2D eigenvalue weighted by atomic mass is 32.2. The average Bonchev–Trinajstić information content (AvgIpc) is 3.00. The number of carbonyl (C=O) groups is 1. The second-order valence-corrected chi connectivity index (χ2v) is 5.50. The van der Waals surface area contributed by atoms with E-state index >= 15 is 0 Å². The van der Waals surface area contributed by atoms with E-state index in [1.165, 1.54) is 5.75 Å². The lowest BCUT2D eigenvalue weighted by Gasteiger charge is -2.23. The molecule has 0 radical (unpaired) electrons. The Balaban J connectivity index is 2.12. The molecule has 4 heteroatoms. The highest BCUT2D eigenvalue weighted by Crippen LogP contribution is 2.38. The molecule has 1 saturated carbocycles. The Morgan fingerprint density at radius 3 is 2.73 bits per heavy atom. The zero-order chi connectivity index (χ0) is 11.3. The molecule has 1 aliphatic rings. The molecule has 1 amide bonds. The Kier molecular flexibility index (Phi) is 4.93. The smallest absolute Gasteiger partial charge is 0.240 e. The van der Waals surface area contributed by atoms with Crippen molar-refractivity contribution in [3.63, 3.8) is 0 Å².